The molecular formula is C55H65N8O6+. The van der Waals surface area contributed by atoms with Gasteiger partial charge in [0.25, 0.3) is 0 Å². The third-order valence-corrected chi connectivity index (χ3v) is 16.8. The van der Waals surface area contributed by atoms with Crippen LogP contribution in [0.5, 0.6) is 0 Å². The number of rotatable bonds is 12. The van der Waals surface area contributed by atoms with Crippen molar-refractivity contribution < 1.29 is 34.0 Å². The van der Waals surface area contributed by atoms with Gasteiger partial charge >= 0.3 is 12.2 Å². The van der Waals surface area contributed by atoms with Crippen molar-refractivity contribution in [2.45, 2.75) is 121 Å². The molecular weight excluding hydrogens is 869 g/mol. The molecule has 6 atom stereocenters. The molecule has 4 heterocycles. The number of carbonyl (C=O) groups excluding carboxylic acids is 4. The minimum Gasteiger partial charge on any atom is -0.453 e. The van der Waals surface area contributed by atoms with Gasteiger partial charge in [0.2, 0.25) is 17.6 Å². The first kappa shape index (κ1) is 45.2. The Morgan fingerprint density at radius 1 is 0.681 bits per heavy atom. The van der Waals surface area contributed by atoms with Crippen LogP contribution in [0.2, 0.25) is 0 Å². The molecule has 11 rings (SSSR count). The molecule has 4 aromatic rings. The predicted octanol–water partition coefficient (Wildman–Crippen LogP) is 8.25. The Hall–Kier alpha value is -6.28. The summed E-state index contributed by atoms with van der Waals surface area (Å²) in [5.74, 6) is 2.43. The number of hydrogen-bond acceptors (Lipinski definition) is 8. The molecule has 4 aliphatic carbocycles. The molecule has 5 N–H and O–H groups in total. The van der Waals surface area contributed by atoms with E-state index in [1.54, 1.807) is 0 Å². The second kappa shape index (κ2) is 17.3. The monoisotopic (exact) mass is 934 g/mol. The topological polar surface area (TPSA) is 175 Å². The Balaban J connectivity index is 0.790. The van der Waals surface area contributed by atoms with Crippen molar-refractivity contribution in [2.24, 2.45) is 27.7 Å². The molecule has 5 fully saturated rings. The molecule has 69 heavy (non-hydrogen) atoms. The minimum absolute atomic E-state index is 0.0753. The number of H-pyrrole nitrogens is 1. The number of benzene rings is 3. The largest absolute Gasteiger partial charge is 0.453 e. The van der Waals surface area contributed by atoms with E-state index >= 15 is 0 Å². The number of quaternary nitrogens is 1. The molecule has 3 aromatic carbocycles. The molecule has 2 saturated heterocycles. The fourth-order valence-electron chi connectivity index (χ4n) is 12.5. The lowest BCUT2D eigenvalue weighted by Crippen LogP contribution is -2.87. The van der Waals surface area contributed by atoms with Gasteiger partial charge in [-0.2, -0.15) is 0 Å². The maximum atomic E-state index is 14.0. The summed E-state index contributed by atoms with van der Waals surface area (Å²) in [6, 6.07) is 20.7. The molecule has 1 aromatic heterocycles. The number of amides is 4. The van der Waals surface area contributed by atoms with E-state index < -0.39 is 24.3 Å². The molecule has 2 bridgehead atoms. The number of imidazole rings is 1. The van der Waals surface area contributed by atoms with Crippen molar-refractivity contribution in [3.8, 4) is 33.5 Å². The van der Waals surface area contributed by atoms with Crippen LogP contribution in [0.15, 0.2) is 78.1 Å². The smallest absolute Gasteiger partial charge is 0.407 e. The van der Waals surface area contributed by atoms with E-state index in [4.69, 9.17) is 19.5 Å². The Bertz CT molecular complexity index is 2770. The first-order valence-corrected chi connectivity index (χ1v) is 25.1. The third kappa shape index (κ3) is 8.21. The lowest BCUT2D eigenvalue weighted by Gasteiger charge is -2.30. The van der Waals surface area contributed by atoms with Crippen LogP contribution in [0.3, 0.4) is 0 Å². The van der Waals surface area contributed by atoms with E-state index in [1.807, 2.05) is 49.9 Å². The summed E-state index contributed by atoms with van der Waals surface area (Å²) in [6.07, 6.45) is 12.4. The predicted molar refractivity (Wildman–Crippen MR) is 262 cm³/mol. The van der Waals surface area contributed by atoms with Crippen LogP contribution in [0.25, 0.3) is 39.2 Å². The van der Waals surface area contributed by atoms with E-state index in [2.05, 4.69) is 81.6 Å². The first-order chi connectivity index (χ1) is 33.3. The maximum Gasteiger partial charge on any atom is 0.407 e. The number of ether oxygens (including phenoxy) is 2. The summed E-state index contributed by atoms with van der Waals surface area (Å²) >= 11 is 0. The van der Waals surface area contributed by atoms with E-state index in [-0.39, 0.29) is 46.6 Å². The van der Waals surface area contributed by atoms with Gasteiger partial charge in [0.15, 0.2) is 5.70 Å². The van der Waals surface area contributed by atoms with E-state index in [1.165, 1.54) is 66.9 Å². The van der Waals surface area contributed by atoms with Gasteiger partial charge in [0.05, 0.1) is 38.4 Å². The molecule has 3 aliphatic heterocycles. The van der Waals surface area contributed by atoms with Crippen LogP contribution < -0.4 is 16.0 Å². The maximum absolute atomic E-state index is 14.0. The van der Waals surface area contributed by atoms with Gasteiger partial charge in [-0.1, -0.05) is 76.2 Å². The summed E-state index contributed by atoms with van der Waals surface area (Å²) in [6.45, 7) is 9.13. The number of hydrogen-bond donors (Lipinski definition) is 4. The Morgan fingerprint density at radius 3 is 1.65 bits per heavy atom. The number of carbonyl (C=O) groups is 4. The number of likely N-dealkylation sites (tertiary alicyclic amines) is 2. The summed E-state index contributed by atoms with van der Waals surface area (Å²) in [5, 5.41) is 7.71. The van der Waals surface area contributed by atoms with E-state index in [0.29, 0.717) is 24.9 Å². The minimum atomic E-state index is -0.681. The van der Waals surface area contributed by atoms with Gasteiger partial charge in [-0.05, 0) is 143 Å². The van der Waals surface area contributed by atoms with E-state index in [0.717, 1.165) is 72.7 Å². The van der Waals surface area contributed by atoms with Crippen molar-refractivity contribution >= 4 is 35.5 Å². The Morgan fingerprint density at radius 2 is 1.16 bits per heavy atom. The zero-order valence-corrected chi connectivity index (χ0v) is 40.6. The van der Waals surface area contributed by atoms with Crippen molar-refractivity contribution in [3.05, 3.63) is 95.6 Å². The molecule has 7 aliphatic rings. The summed E-state index contributed by atoms with van der Waals surface area (Å²) < 4.78 is 9.71. The van der Waals surface area contributed by atoms with Crippen molar-refractivity contribution in [1.82, 2.24) is 30.4 Å². The normalized spacial score (nSPS) is 24.1. The van der Waals surface area contributed by atoms with Crippen LogP contribution in [-0.2, 0) is 19.1 Å². The van der Waals surface area contributed by atoms with Gasteiger partial charge in [0.1, 0.15) is 23.9 Å². The van der Waals surface area contributed by atoms with Gasteiger partial charge < -0.3 is 34.9 Å². The summed E-state index contributed by atoms with van der Waals surface area (Å²) in [7, 11) is 2.64. The molecule has 2 unspecified atom stereocenters. The lowest BCUT2D eigenvalue weighted by molar-refractivity contribution is -0.435. The molecule has 14 heteroatoms. The fraction of sp³-hybridized carbons (Fsp3) is 0.491. The summed E-state index contributed by atoms with van der Waals surface area (Å²) in [5.41, 5.74) is 12.4. The van der Waals surface area contributed by atoms with Crippen LogP contribution in [0.4, 0.5) is 9.59 Å². The number of aliphatic imine (C=N–C) groups is 1. The SMILES string of the molecule is COC(=O)N[C@H](C(=O)N1CC2(CC2)C[C@H]1C1=NC=C(c2ccc(-c3ccc(-c4ccc(-c5cnc([C@@H]6CC7(CC7)CN6C(=O)[C@@H](NC(=O)OC)C(C)C)[nH]5)cc4)c4c3C3CCC4C3)cc2)[NH2+]1)C(C)C. The van der Waals surface area contributed by atoms with Crippen molar-refractivity contribution in [3.63, 3.8) is 0 Å². The van der Waals surface area contributed by atoms with Crippen LogP contribution in [0.1, 0.15) is 126 Å². The zero-order chi connectivity index (χ0) is 47.9. The number of methoxy groups -OCH3 is 2. The van der Waals surface area contributed by atoms with Crippen molar-refractivity contribution in [1.29, 1.82) is 0 Å². The molecule has 0 radical (unpaired) electrons. The van der Waals surface area contributed by atoms with Crippen LogP contribution >= 0.6 is 0 Å². The highest BCUT2D eigenvalue weighted by Crippen LogP contribution is 2.60. The number of nitrogens with two attached hydrogens (primary N) is 1. The highest BCUT2D eigenvalue weighted by molar-refractivity contribution is 5.94. The average Bonchev–Trinajstić information content (AvgIpc) is 3.79. The number of alkyl carbamates (subject to hydrolysis) is 2. The average molecular weight is 934 g/mol. The Kier molecular flexibility index (Phi) is 11.3. The molecule has 2 spiro atoms. The van der Waals surface area contributed by atoms with Crippen molar-refractivity contribution in [2.75, 3.05) is 27.3 Å². The number of amidine groups is 1. The van der Waals surface area contributed by atoms with Crippen LogP contribution in [0, 0.1) is 22.7 Å². The van der Waals surface area contributed by atoms with Gasteiger partial charge in [-0.25, -0.2) is 19.6 Å². The number of aromatic nitrogens is 2. The number of aromatic amines is 1. The quantitative estimate of drug-likeness (QED) is 0.111. The van der Waals surface area contributed by atoms with Gasteiger partial charge in [-0.15, -0.1) is 0 Å². The van der Waals surface area contributed by atoms with Gasteiger partial charge in [0, 0.05) is 18.7 Å². The fourth-order valence-corrected chi connectivity index (χ4v) is 12.5. The molecule has 14 nitrogen and oxygen atoms in total. The molecule has 4 amide bonds. The second-order valence-corrected chi connectivity index (χ2v) is 21.9. The highest BCUT2D eigenvalue weighted by atomic mass is 16.5. The standard InChI is InChI=1S/C55H64N8O6/c1-30(2)46(60-52(66)68-5)50(64)62-28-54(19-20-54)24-42(62)48-56-26-40(58-48)34-11-7-32(8-12-34)38-17-18-39(45-37-16-15-36(23-37)44(38)45)33-9-13-35(14-10-33)41-27-57-49(59-41)43-25-55(21-22-55)29-63(43)51(65)47(31(3)4)61-53(67)69-6/h7-14,17-18,26-27,30-31,36-37,42-43,46-47H,15-16,19-25,28-29H2,1-6H3,(H,56,58)(H,57,59)(H,60,66)(H,61,67)/p+1/t36?,37?,42-,43-,46-,47-/m0/s1. The first-order valence-electron chi connectivity index (χ1n) is 25.1. The number of nitrogens with one attached hydrogen (secondary N) is 3. The summed E-state index contributed by atoms with van der Waals surface area (Å²) in [4.78, 5) is 69.7. The highest BCUT2D eigenvalue weighted by Gasteiger charge is 2.57. The number of nitrogens with zero attached hydrogens (tertiary/aromatic N) is 4. The zero-order valence-electron chi connectivity index (χ0n) is 40.6. The third-order valence-electron chi connectivity index (χ3n) is 16.8. The van der Waals surface area contributed by atoms with Crippen LogP contribution in [-0.4, -0.2) is 95.0 Å². The Labute approximate surface area is 404 Å². The molecule has 3 saturated carbocycles. The second-order valence-electron chi connectivity index (χ2n) is 21.9. The number of fused-ring (bicyclic) bond motifs is 5. The van der Waals surface area contributed by atoms with Gasteiger partial charge in [-0.3, -0.25) is 14.9 Å². The van der Waals surface area contributed by atoms with E-state index in [9.17, 15) is 19.2 Å². The molecule has 360 valence electrons. The lowest BCUT2D eigenvalue weighted by atomic mass is 9.81.